The summed E-state index contributed by atoms with van der Waals surface area (Å²) in [7, 11) is 1.68. The van der Waals surface area contributed by atoms with E-state index in [9.17, 15) is 13.2 Å². The number of sulfone groups is 1. The van der Waals surface area contributed by atoms with Crippen molar-refractivity contribution in [2.45, 2.75) is 18.2 Å². The second kappa shape index (κ2) is 8.66. The molecule has 0 spiro atoms. The largest absolute Gasteiger partial charge is 0.493 e. The van der Waals surface area contributed by atoms with Gasteiger partial charge in [-0.15, -0.1) is 11.8 Å². The van der Waals surface area contributed by atoms with Crippen molar-refractivity contribution < 1.29 is 27.4 Å². The van der Waals surface area contributed by atoms with E-state index in [-0.39, 0.29) is 28.4 Å². The summed E-state index contributed by atoms with van der Waals surface area (Å²) in [6.45, 7) is 0.319. The highest BCUT2D eigenvalue weighted by Crippen LogP contribution is 2.38. The van der Waals surface area contributed by atoms with Crippen LogP contribution in [-0.2, 0) is 21.2 Å². The van der Waals surface area contributed by atoms with E-state index in [0.717, 1.165) is 5.56 Å². The van der Waals surface area contributed by atoms with Crippen LogP contribution >= 0.6 is 11.8 Å². The number of methoxy groups -OCH3 is 3. The Kier molecular flexibility index (Phi) is 6.83. The van der Waals surface area contributed by atoms with Gasteiger partial charge in [0.25, 0.3) is 0 Å². The number of thioether (sulfide) groups is 1. The average molecular weight is 389 g/mol. The minimum Gasteiger partial charge on any atom is -0.493 e. The zero-order valence-corrected chi connectivity index (χ0v) is 16.2. The lowest BCUT2D eigenvalue weighted by atomic mass is 10.2. The normalized spacial score (nSPS) is 18.6. The number of rotatable bonds is 8. The van der Waals surface area contributed by atoms with Gasteiger partial charge in [0.1, 0.15) is 0 Å². The van der Waals surface area contributed by atoms with Crippen LogP contribution in [0.5, 0.6) is 17.2 Å². The van der Waals surface area contributed by atoms with E-state index in [0.29, 0.717) is 30.2 Å². The van der Waals surface area contributed by atoms with Crippen molar-refractivity contribution in [2.75, 3.05) is 38.6 Å². The van der Waals surface area contributed by atoms with E-state index in [2.05, 4.69) is 5.32 Å². The van der Waals surface area contributed by atoms with Crippen molar-refractivity contribution in [3.8, 4) is 17.2 Å². The highest BCUT2D eigenvalue weighted by Gasteiger charge is 2.28. The van der Waals surface area contributed by atoms with Gasteiger partial charge in [-0.3, -0.25) is 4.79 Å². The smallest absolute Gasteiger partial charge is 0.230 e. The molecule has 1 aromatic rings. The molecule has 1 saturated heterocycles. The number of amides is 1. The van der Waals surface area contributed by atoms with Gasteiger partial charge in [0.15, 0.2) is 21.3 Å². The number of ether oxygens (including phenoxy) is 3. The Morgan fingerprint density at radius 1 is 1.20 bits per heavy atom. The van der Waals surface area contributed by atoms with Crippen LogP contribution in [0.3, 0.4) is 0 Å². The second-order valence-electron chi connectivity index (χ2n) is 5.65. The molecule has 9 heteroatoms. The monoisotopic (exact) mass is 389 g/mol. The maximum atomic E-state index is 12.0. The van der Waals surface area contributed by atoms with E-state index in [1.54, 1.807) is 12.1 Å². The number of carbonyl (C=O) groups excluding carboxylic acids is 1. The molecule has 0 radical (unpaired) electrons. The van der Waals surface area contributed by atoms with Crippen molar-refractivity contribution in [2.24, 2.45) is 0 Å². The quantitative estimate of drug-likeness (QED) is 0.715. The molecule has 25 heavy (non-hydrogen) atoms. The Hall–Kier alpha value is -1.61. The molecule has 2 rings (SSSR count). The molecule has 0 saturated carbocycles. The topological polar surface area (TPSA) is 90.9 Å². The molecule has 1 atom stereocenters. The van der Waals surface area contributed by atoms with Gasteiger partial charge in [-0.1, -0.05) is 0 Å². The van der Waals surface area contributed by atoms with Gasteiger partial charge in [-0.25, -0.2) is 8.42 Å². The fourth-order valence-electron chi connectivity index (χ4n) is 2.58. The third-order valence-corrected chi connectivity index (χ3v) is 7.14. The zero-order valence-electron chi connectivity index (χ0n) is 14.5. The highest BCUT2D eigenvalue weighted by atomic mass is 32.2. The number of nitrogens with one attached hydrogen (secondary N) is 1. The van der Waals surface area contributed by atoms with Crippen molar-refractivity contribution in [1.29, 1.82) is 0 Å². The fraction of sp³-hybridized carbons (Fsp3) is 0.562. The van der Waals surface area contributed by atoms with E-state index in [1.807, 2.05) is 0 Å². The summed E-state index contributed by atoms with van der Waals surface area (Å²) in [5, 5.41) is 2.83. The number of carbonyl (C=O) groups is 1. The maximum absolute atomic E-state index is 12.0. The van der Waals surface area contributed by atoms with Crippen molar-refractivity contribution in [1.82, 2.24) is 5.32 Å². The Labute approximate surface area is 152 Å². The van der Waals surface area contributed by atoms with Crippen molar-refractivity contribution in [3.63, 3.8) is 0 Å². The molecule has 1 aliphatic rings. The van der Waals surface area contributed by atoms with Crippen molar-refractivity contribution in [3.05, 3.63) is 17.7 Å². The molecular weight excluding hydrogens is 366 g/mol. The first-order chi connectivity index (χ1) is 11.9. The Balaban J connectivity index is 1.89. The summed E-state index contributed by atoms with van der Waals surface area (Å²) in [6.07, 6.45) is 0.618. The lowest BCUT2D eigenvalue weighted by Crippen LogP contribution is -2.25. The van der Waals surface area contributed by atoms with Gasteiger partial charge in [0.05, 0.1) is 38.6 Å². The molecular formula is C16H23NO6S2. The number of benzene rings is 1. The Bertz CT molecular complexity index is 694. The lowest BCUT2D eigenvalue weighted by molar-refractivity contribution is -0.118. The highest BCUT2D eigenvalue weighted by molar-refractivity contribution is 8.02. The molecule has 1 heterocycles. The maximum Gasteiger partial charge on any atom is 0.230 e. The van der Waals surface area contributed by atoms with E-state index in [1.165, 1.54) is 33.1 Å². The first-order valence-corrected chi connectivity index (χ1v) is 10.6. The summed E-state index contributed by atoms with van der Waals surface area (Å²) in [6, 6.07) is 3.55. The molecule has 140 valence electrons. The summed E-state index contributed by atoms with van der Waals surface area (Å²) in [5.41, 5.74) is 0.816. The third-order valence-electron chi connectivity index (χ3n) is 3.85. The number of hydrogen-bond donors (Lipinski definition) is 1. The Morgan fingerprint density at radius 3 is 2.32 bits per heavy atom. The second-order valence-corrected chi connectivity index (χ2v) is 9.16. The van der Waals surface area contributed by atoms with Crippen LogP contribution in [0.2, 0.25) is 0 Å². The number of hydrogen-bond acceptors (Lipinski definition) is 7. The van der Waals surface area contributed by atoms with Gasteiger partial charge in [0.2, 0.25) is 11.7 Å². The molecule has 0 unspecified atom stereocenters. The lowest BCUT2D eigenvalue weighted by Gasteiger charge is -2.14. The standard InChI is InChI=1S/C16H23NO6S2/c1-21-13-6-11(7-14(22-2)16(13)23-3)8-17-15(18)9-24-12-4-5-25(19,20)10-12/h6-7,12H,4-5,8-10H2,1-3H3,(H,17,18)/t12-/m1/s1. The van der Waals surface area contributed by atoms with E-state index < -0.39 is 9.84 Å². The summed E-state index contributed by atoms with van der Waals surface area (Å²) in [4.78, 5) is 12.0. The first kappa shape index (κ1) is 19.7. The summed E-state index contributed by atoms with van der Waals surface area (Å²) < 4.78 is 38.7. The van der Waals surface area contributed by atoms with E-state index in [4.69, 9.17) is 14.2 Å². The predicted molar refractivity (Wildman–Crippen MR) is 97.5 cm³/mol. The minimum atomic E-state index is -2.91. The van der Waals surface area contributed by atoms with Crippen LogP contribution < -0.4 is 19.5 Å². The minimum absolute atomic E-state index is 0.0110. The van der Waals surface area contributed by atoms with Gasteiger partial charge < -0.3 is 19.5 Å². The molecule has 1 aliphatic heterocycles. The van der Waals surface area contributed by atoms with Crippen LogP contribution in [0, 0.1) is 0 Å². The fourth-order valence-corrected chi connectivity index (χ4v) is 6.05. The van der Waals surface area contributed by atoms with E-state index >= 15 is 0 Å². The van der Waals surface area contributed by atoms with Crippen LogP contribution in [0.1, 0.15) is 12.0 Å². The predicted octanol–water partition coefficient (Wildman–Crippen LogP) is 1.25. The first-order valence-electron chi connectivity index (χ1n) is 7.76. The van der Waals surface area contributed by atoms with Gasteiger partial charge in [-0.05, 0) is 24.1 Å². The third kappa shape index (κ3) is 5.43. The molecule has 1 aromatic carbocycles. The van der Waals surface area contributed by atoms with Crippen LogP contribution in [0.25, 0.3) is 0 Å². The van der Waals surface area contributed by atoms with Gasteiger partial charge in [0, 0.05) is 11.8 Å². The van der Waals surface area contributed by atoms with Gasteiger partial charge >= 0.3 is 0 Å². The summed E-state index contributed by atoms with van der Waals surface area (Å²) >= 11 is 1.39. The molecule has 7 nitrogen and oxygen atoms in total. The van der Waals surface area contributed by atoms with Crippen LogP contribution in [0.15, 0.2) is 12.1 Å². The molecule has 1 fully saturated rings. The van der Waals surface area contributed by atoms with Crippen LogP contribution in [-0.4, -0.2) is 58.2 Å². The van der Waals surface area contributed by atoms with Gasteiger partial charge in [-0.2, -0.15) is 0 Å². The summed E-state index contributed by atoms with van der Waals surface area (Å²) in [5.74, 6) is 2.04. The molecule has 1 N–H and O–H groups in total. The van der Waals surface area contributed by atoms with Crippen molar-refractivity contribution >= 4 is 27.5 Å². The zero-order chi connectivity index (χ0) is 18.4. The molecule has 0 bridgehead atoms. The SMILES string of the molecule is COc1cc(CNC(=O)CS[C@@H]2CCS(=O)(=O)C2)cc(OC)c1OC. The molecule has 0 aromatic heterocycles. The molecule has 1 amide bonds. The Morgan fingerprint density at radius 2 is 1.84 bits per heavy atom. The van der Waals surface area contributed by atoms with Crippen LogP contribution in [0.4, 0.5) is 0 Å². The average Bonchev–Trinajstić information content (AvgIpc) is 2.95. The molecule has 0 aliphatic carbocycles.